The molecule has 5 nitrogen and oxygen atoms in total. The number of amides is 1. The van der Waals surface area contributed by atoms with Gasteiger partial charge >= 0.3 is 0 Å². The van der Waals surface area contributed by atoms with Crippen molar-refractivity contribution in [2.24, 2.45) is 0 Å². The molecular weight excluding hydrogens is 278 g/mol. The molecule has 2 heterocycles. The number of aromatic nitrogens is 2. The molecule has 1 aromatic heterocycles. The van der Waals surface area contributed by atoms with E-state index in [1.807, 2.05) is 6.92 Å². The average molecular weight is 297 g/mol. The van der Waals surface area contributed by atoms with Crippen molar-refractivity contribution < 1.29 is 9.53 Å². The molecule has 4 rings (SSSR count). The van der Waals surface area contributed by atoms with Gasteiger partial charge < -0.3 is 9.72 Å². The number of carbonyl (C=O) groups is 1. The van der Waals surface area contributed by atoms with E-state index in [2.05, 4.69) is 33.5 Å². The normalized spacial score (nSPS) is 22.1. The largest absolute Gasteiger partial charge is 0.493 e. The number of aromatic amines is 1. The third kappa shape index (κ3) is 2.17. The van der Waals surface area contributed by atoms with Crippen molar-refractivity contribution in [3.8, 4) is 5.75 Å². The summed E-state index contributed by atoms with van der Waals surface area (Å²) in [6.45, 7) is 4.27. The van der Waals surface area contributed by atoms with Gasteiger partial charge in [-0.25, -0.2) is 4.98 Å². The van der Waals surface area contributed by atoms with E-state index in [1.165, 1.54) is 18.1 Å². The SMILES string of the molecule is CC(=O)Nc1nc(C)c(C2CC2c2cccc3c2CCO3)[nH]1. The molecule has 1 fully saturated rings. The lowest BCUT2D eigenvalue weighted by molar-refractivity contribution is -0.114. The Labute approximate surface area is 129 Å². The van der Waals surface area contributed by atoms with Crippen molar-refractivity contribution in [2.45, 2.75) is 38.5 Å². The fourth-order valence-corrected chi connectivity index (χ4v) is 3.51. The minimum absolute atomic E-state index is 0.106. The number of hydrogen-bond acceptors (Lipinski definition) is 3. The van der Waals surface area contributed by atoms with Crippen LogP contribution in [-0.2, 0) is 11.2 Å². The fourth-order valence-electron chi connectivity index (χ4n) is 3.51. The van der Waals surface area contributed by atoms with Crippen molar-refractivity contribution in [3.63, 3.8) is 0 Å². The second-order valence-corrected chi connectivity index (χ2v) is 6.14. The Morgan fingerprint density at radius 2 is 2.27 bits per heavy atom. The molecular formula is C17H19N3O2. The van der Waals surface area contributed by atoms with E-state index in [1.54, 1.807) is 0 Å². The predicted molar refractivity (Wildman–Crippen MR) is 83.4 cm³/mol. The van der Waals surface area contributed by atoms with Crippen LogP contribution in [0.2, 0.25) is 0 Å². The first-order chi connectivity index (χ1) is 10.6. The number of rotatable bonds is 3. The highest BCUT2D eigenvalue weighted by Crippen LogP contribution is 2.56. The summed E-state index contributed by atoms with van der Waals surface area (Å²) in [7, 11) is 0. The van der Waals surface area contributed by atoms with Gasteiger partial charge in [0.05, 0.1) is 12.3 Å². The van der Waals surface area contributed by atoms with Crippen molar-refractivity contribution in [1.82, 2.24) is 9.97 Å². The predicted octanol–water partition coefficient (Wildman–Crippen LogP) is 2.88. The summed E-state index contributed by atoms with van der Waals surface area (Å²) in [5, 5.41) is 2.72. The lowest BCUT2D eigenvalue weighted by Gasteiger charge is -2.06. The van der Waals surface area contributed by atoms with Crippen molar-refractivity contribution in [1.29, 1.82) is 0 Å². The minimum atomic E-state index is -0.106. The van der Waals surface area contributed by atoms with Crippen LogP contribution >= 0.6 is 0 Å². The Bertz CT molecular complexity index is 750. The van der Waals surface area contributed by atoms with Crippen molar-refractivity contribution in [2.75, 3.05) is 11.9 Å². The second-order valence-electron chi connectivity index (χ2n) is 6.14. The van der Waals surface area contributed by atoms with E-state index in [-0.39, 0.29) is 5.91 Å². The molecule has 0 spiro atoms. The molecule has 1 amide bonds. The Morgan fingerprint density at radius 3 is 3.09 bits per heavy atom. The molecule has 0 radical (unpaired) electrons. The highest BCUT2D eigenvalue weighted by atomic mass is 16.5. The molecule has 22 heavy (non-hydrogen) atoms. The zero-order chi connectivity index (χ0) is 15.3. The molecule has 0 bridgehead atoms. The van der Waals surface area contributed by atoms with Crippen molar-refractivity contribution in [3.05, 3.63) is 40.7 Å². The van der Waals surface area contributed by atoms with Crippen LogP contribution in [0.5, 0.6) is 5.75 Å². The molecule has 1 saturated carbocycles. The van der Waals surface area contributed by atoms with Gasteiger partial charge in [0.25, 0.3) is 0 Å². The summed E-state index contributed by atoms with van der Waals surface area (Å²) in [4.78, 5) is 18.8. The molecule has 114 valence electrons. The lowest BCUT2D eigenvalue weighted by Crippen LogP contribution is -2.07. The van der Waals surface area contributed by atoms with Crippen LogP contribution in [0.4, 0.5) is 5.95 Å². The van der Waals surface area contributed by atoms with Crippen molar-refractivity contribution >= 4 is 11.9 Å². The lowest BCUT2D eigenvalue weighted by atomic mass is 9.99. The highest BCUT2D eigenvalue weighted by molar-refractivity contribution is 5.86. The zero-order valence-electron chi connectivity index (χ0n) is 12.8. The number of ether oxygens (including phenoxy) is 1. The molecule has 0 saturated heterocycles. The molecule has 2 N–H and O–H groups in total. The number of aryl methyl sites for hydroxylation is 1. The van der Waals surface area contributed by atoms with Gasteiger partial charge in [0.15, 0.2) is 0 Å². The van der Waals surface area contributed by atoms with Crippen LogP contribution in [0.15, 0.2) is 18.2 Å². The van der Waals surface area contributed by atoms with E-state index in [4.69, 9.17) is 4.74 Å². The summed E-state index contributed by atoms with van der Waals surface area (Å²) in [5.74, 6) is 2.48. The number of fused-ring (bicyclic) bond motifs is 1. The number of nitrogens with zero attached hydrogens (tertiary/aromatic N) is 1. The smallest absolute Gasteiger partial charge is 0.223 e. The molecule has 5 heteroatoms. The number of H-pyrrole nitrogens is 1. The van der Waals surface area contributed by atoms with Gasteiger partial charge in [-0.3, -0.25) is 10.1 Å². The summed E-state index contributed by atoms with van der Waals surface area (Å²) < 4.78 is 5.66. The summed E-state index contributed by atoms with van der Waals surface area (Å²) in [6.07, 6.45) is 2.13. The third-order valence-corrected chi connectivity index (χ3v) is 4.56. The number of anilines is 1. The van der Waals surface area contributed by atoms with Gasteiger partial charge in [-0.2, -0.15) is 0 Å². The Morgan fingerprint density at radius 1 is 1.41 bits per heavy atom. The maximum atomic E-state index is 11.1. The number of carbonyl (C=O) groups excluding carboxylic acids is 1. The Kier molecular flexibility index (Phi) is 2.96. The average Bonchev–Trinajstić information content (AvgIpc) is 2.93. The van der Waals surface area contributed by atoms with Crippen LogP contribution in [0.3, 0.4) is 0 Å². The second kappa shape index (κ2) is 4.87. The maximum absolute atomic E-state index is 11.1. The van der Waals surface area contributed by atoms with Crippen LogP contribution in [0.25, 0.3) is 0 Å². The highest BCUT2D eigenvalue weighted by Gasteiger charge is 2.43. The number of imidazole rings is 1. The first-order valence-corrected chi connectivity index (χ1v) is 7.72. The van der Waals surface area contributed by atoms with Gasteiger partial charge in [-0.1, -0.05) is 12.1 Å². The Balaban J connectivity index is 1.59. The first-order valence-electron chi connectivity index (χ1n) is 7.72. The Hall–Kier alpha value is -2.30. The van der Waals surface area contributed by atoms with Gasteiger partial charge in [-0.05, 0) is 30.9 Å². The summed E-state index contributed by atoms with van der Waals surface area (Å²) in [6, 6.07) is 6.36. The topological polar surface area (TPSA) is 67.0 Å². The van der Waals surface area contributed by atoms with Crippen LogP contribution < -0.4 is 10.1 Å². The molecule has 2 unspecified atom stereocenters. The van der Waals surface area contributed by atoms with Gasteiger partial charge in [0.2, 0.25) is 11.9 Å². The fraction of sp³-hybridized carbons (Fsp3) is 0.412. The van der Waals surface area contributed by atoms with E-state index in [9.17, 15) is 4.79 Å². The van der Waals surface area contributed by atoms with E-state index in [0.717, 1.165) is 36.6 Å². The minimum Gasteiger partial charge on any atom is -0.493 e. The number of benzene rings is 1. The van der Waals surface area contributed by atoms with Crippen LogP contribution in [-0.4, -0.2) is 22.5 Å². The first kappa shape index (κ1) is 13.4. The molecule has 2 aliphatic rings. The van der Waals surface area contributed by atoms with E-state index < -0.39 is 0 Å². The third-order valence-electron chi connectivity index (χ3n) is 4.56. The van der Waals surface area contributed by atoms with Gasteiger partial charge in [-0.15, -0.1) is 0 Å². The van der Waals surface area contributed by atoms with Crippen LogP contribution in [0, 0.1) is 6.92 Å². The molecule has 2 atom stereocenters. The van der Waals surface area contributed by atoms with E-state index >= 15 is 0 Å². The molecule has 1 aromatic carbocycles. The molecule has 1 aliphatic heterocycles. The molecule has 2 aromatic rings. The number of nitrogens with one attached hydrogen (secondary N) is 2. The number of hydrogen-bond donors (Lipinski definition) is 2. The van der Waals surface area contributed by atoms with E-state index in [0.29, 0.717) is 17.8 Å². The summed E-state index contributed by atoms with van der Waals surface area (Å²) >= 11 is 0. The maximum Gasteiger partial charge on any atom is 0.223 e. The summed E-state index contributed by atoms with van der Waals surface area (Å²) in [5.41, 5.74) is 4.90. The zero-order valence-corrected chi connectivity index (χ0v) is 12.8. The standard InChI is InChI=1S/C17H19N3O2/c1-9-16(20-17(18-9)19-10(2)21)14-8-13(14)11-4-3-5-15-12(11)6-7-22-15/h3-5,13-14H,6-8H2,1-2H3,(H2,18,19,20,21). The van der Waals surface area contributed by atoms with Gasteiger partial charge in [0, 0.05) is 30.5 Å². The van der Waals surface area contributed by atoms with Crippen LogP contribution in [0.1, 0.15) is 47.7 Å². The van der Waals surface area contributed by atoms with Gasteiger partial charge in [0.1, 0.15) is 5.75 Å². The molecule has 1 aliphatic carbocycles. The monoisotopic (exact) mass is 297 g/mol. The quantitative estimate of drug-likeness (QED) is 0.915.